The van der Waals surface area contributed by atoms with Crippen molar-refractivity contribution in [1.82, 2.24) is 24.6 Å². The number of nitrogens with two attached hydrogens (primary N) is 1. The van der Waals surface area contributed by atoms with E-state index in [0.29, 0.717) is 23.5 Å². The van der Waals surface area contributed by atoms with Crippen molar-refractivity contribution in [2.24, 2.45) is 0 Å². The van der Waals surface area contributed by atoms with Crippen molar-refractivity contribution < 1.29 is 23.4 Å². The maximum Gasteiger partial charge on any atom is 0.342 e. The Hall–Kier alpha value is -2.72. The van der Waals surface area contributed by atoms with Gasteiger partial charge in [-0.3, -0.25) is 9.36 Å². The van der Waals surface area contributed by atoms with Crippen LogP contribution in [-0.2, 0) is 25.4 Å². The Bertz CT molecular complexity index is 1180. The summed E-state index contributed by atoms with van der Waals surface area (Å²) in [7, 11) is -3.67. The molecule has 0 spiro atoms. The summed E-state index contributed by atoms with van der Waals surface area (Å²) in [5, 5.41) is 2.77. The SMILES string of the molecule is CC(C)OC(=O)[C@H](C)NP(=O)(CO[C@H](C)Cn1cnc2c(N)nc(Cl)nc21)Oc1ccccc1. The first kappa shape index (κ1) is 25.9. The minimum absolute atomic E-state index is 0.00700. The molecule has 34 heavy (non-hydrogen) atoms. The molecular weight excluding hydrogens is 483 g/mol. The zero-order valence-electron chi connectivity index (χ0n) is 19.3. The Morgan fingerprint density at radius 1 is 1.21 bits per heavy atom. The van der Waals surface area contributed by atoms with Gasteiger partial charge in [0.2, 0.25) is 5.28 Å². The van der Waals surface area contributed by atoms with Crippen molar-refractivity contribution >= 4 is 42.1 Å². The lowest BCUT2D eigenvalue weighted by Crippen LogP contribution is -2.37. The summed E-state index contributed by atoms with van der Waals surface area (Å²) in [5.74, 6) is 0.00922. The minimum Gasteiger partial charge on any atom is -0.462 e. The molecule has 0 radical (unpaired) electrons. The van der Waals surface area contributed by atoms with Crippen LogP contribution in [0.15, 0.2) is 36.7 Å². The molecule has 0 amide bonds. The Morgan fingerprint density at radius 3 is 2.59 bits per heavy atom. The van der Waals surface area contributed by atoms with Gasteiger partial charge in [0, 0.05) is 0 Å². The van der Waals surface area contributed by atoms with E-state index in [1.54, 1.807) is 62.9 Å². The normalized spacial score (nSPS) is 15.1. The lowest BCUT2D eigenvalue weighted by molar-refractivity contribution is -0.149. The molecule has 0 aliphatic heterocycles. The lowest BCUT2D eigenvalue weighted by Gasteiger charge is -2.25. The molecular formula is C21H28ClN6O5P. The topological polar surface area (TPSA) is 143 Å². The molecule has 184 valence electrons. The monoisotopic (exact) mass is 510 g/mol. The van der Waals surface area contributed by atoms with Gasteiger partial charge in [0.15, 0.2) is 11.5 Å². The molecule has 3 aromatic rings. The van der Waals surface area contributed by atoms with E-state index in [1.807, 2.05) is 6.07 Å². The third-order valence-corrected chi connectivity index (χ3v) is 6.48. The van der Waals surface area contributed by atoms with Crippen LogP contribution >= 0.6 is 19.1 Å². The molecule has 0 bridgehead atoms. The number of fused-ring (bicyclic) bond motifs is 1. The Labute approximate surface area is 202 Å². The van der Waals surface area contributed by atoms with Crippen molar-refractivity contribution in [3.8, 4) is 5.75 Å². The van der Waals surface area contributed by atoms with E-state index in [-0.39, 0.29) is 23.6 Å². The molecule has 0 aliphatic carbocycles. The third kappa shape index (κ3) is 6.89. The van der Waals surface area contributed by atoms with Crippen molar-refractivity contribution in [2.45, 2.75) is 52.5 Å². The summed E-state index contributed by atoms with van der Waals surface area (Å²) in [5.41, 5.74) is 6.73. The summed E-state index contributed by atoms with van der Waals surface area (Å²) in [6.45, 7) is 7.14. The fourth-order valence-corrected chi connectivity index (χ4v) is 5.01. The van der Waals surface area contributed by atoms with Gasteiger partial charge in [-0.05, 0) is 51.4 Å². The van der Waals surface area contributed by atoms with Crippen LogP contribution < -0.4 is 15.3 Å². The summed E-state index contributed by atoms with van der Waals surface area (Å²) < 4.78 is 32.2. The predicted molar refractivity (Wildman–Crippen MR) is 129 cm³/mol. The Balaban J connectivity index is 1.71. The number of halogens is 1. The highest BCUT2D eigenvalue weighted by Gasteiger charge is 2.32. The maximum atomic E-state index is 13.7. The van der Waals surface area contributed by atoms with E-state index in [0.717, 1.165) is 0 Å². The second-order valence-electron chi connectivity index (χ2n) is 7.97. The smallest absolute Gasteiger partial charge is 0.342 e. The van der Waals surface area contributed by atoms with Gasteiger partial charge in [0.1, 0.15) is 23.7 Å². The van der Waals surface area contributed by atoms with Crippen molar-refractivity contribution in [3.63, 3.8) is 0 Å². The number of imidazole rings is 1. The number of carbonyl (C=O) groups excluding carboxylic acids is 1. The molecule has 0 aliphatic rings. The van der Waals surface area contributed by atoms with Gasteiger partial charge < -0.3 is 24.3 Å². The van der Waals surface area contributed by atoms with Crippen molar-refractivity contribution in [3.05, 3.63) is 41.9 Å². The summed E-state index contributed by atoms with van der Waals surface area (Å²) in [6.07, 6.45) is 0.514. The number of ether oxygens (including phenoxy) is 2. The van der Waals surface area contributed by atoms with Crippen LogP contribution in [0.5, 0.6) is 5.75 Å². The van der Waals surface area contributed by atoms with E-state index in [1.165, 1.54) is 0 Å². The van der Waals surface area contributed by atoms with Gasteiger partial charge >= 0.3 is 13.5 Å². The molecule has 11 nitrogen and oxygen atoms in total. The molecule has 13 heteroatoms. The number of anilines is 1. The molecule has 2 heterocycles. The summed E-state index contributed by atoms with van der Waals surface area (Å²) in [4.78, 5) is 24.5. The van der Waals surface area contributed by atoms with Crippen LogP contribution in [0.3, 0.4) is 0 Å². The van der Waals surface area contributed by atoms with E-state index >= 15 is 0 Å². The largest absolute Gasteiger partial charge is 0.462 e. The molecule has 2 aromatic heterocycles. The average Bonchev–Trinajstić information content (AvgIpc) is 3.15. The molecule has 3 rings (SSSR count). The van der Waals surface area contributed by atoms with Crippen molar-refractivity contribution in [2.75, 3.05) is 12.1 Å². The second kappa shape index (κ2) is 11.1. The number of nitrogen functional groups attached to an aromatic ring is 1. The number of carbonyl (C=O) groups is 1. The van der Waals surface area contributed by atoms with Gasteiger partial charge in [0.25, 0.3) is 0 Å². The maximum absolute atomic E-state index is 13.7. The standard InChI is InChI=1S/C21H28ClN6O5P/c1-13(2)32-20(29)15(4)27-34(30,33-16-8-6-5-7-9-16)12-31-14(3)10-28-11-24-17-18(23)25-21(22)26-19(17)28/h5-9,11,13-15H,10,12H2,1-4H3,(H,27,30)(H2,23,25,26)/t14-,15+,34?/m1/s1. The first-order chi connectivity index (χ1) is 16.1. The zero-order valence-corrected chi connectivity index (χ0v) is 21.0. The molecule has 0 saturated heterocycles. The summed E-state index contributed by atoms with van der Waals surface area (Å²) in [6, 6.07) is 7.77. The summed E-state index contributed by atoms with van der Waals surface area (Å²) >= 11 is 5.92. The molecule has 0 fully saturated rings. The fourth-order valence-electron chi connectivity index (χ4n) is 3.05. The number of esters is 1. The van der Waals surface area contributed by atoms with Gasteiger partial charge in [-0.15, -0.1) is 0 Å². The molecule has 1 aromatic carbocycles. The number of hydrogen-bond donors (Lipinski definition) is 2. The van der Waals surface area contributed by atoms with Crippen LogP contribution in [0.4, 0.5) is 5.82 Å². The quantitative estimate of drug-likeness (QED) is 0.223. The van der Waals surface area contributed by atoms with Gasteiger partial charge in [-0.2, -0.15) is 9.97 Å². The molecule has 0 saturated carbocycles. The lowest BCUT2D eigenvalue weighted by atomic mass is 10.3. The van der Waals surface area contributed by atoms with E-state index < -0.39 is 25.6 Å². The van der Waals surface area contributed by atoms with E-state index in [2.05, 4.69) is 20.0 Å². The Kier molecular flexibility index (Phi) is 8.48. The molecule has 3 atom stereocenters. The number of para-hydroxylation sites is 1. The number of rotatable bonds is 11. The minimum atomic E-state index is -3.67. The first-order valence-electron chi connectivity index (χ1n) is 10.6. The highest BCUT2D eigenvalue weighted by atomic mass is 35.5. The highest BCUT2D eigenvalue weighted by Crippen LogP contribution is 2.44. The van der Waals surface area contributed by atoms with Crippen LogP contribution in [-0.4, -0.2) is 50.1 Å². The van der Waals surface area contributed by atoms with Crippen molar-refractivity contribution in [1.29, 1.82) is 0 Å². The van der Waals surface area contributed by atoms with Crippen LogP contribution in [0.1, 0.15) is 27.7 Å². The predicted octanol–water partition coefficient (Wildman–Crippen LogP) is 3.63. The highest BCUT2D eigenvalue weighted by molar-refractivity contribution is 7.57. The number of nitrogens with one attached hydrogen (secondary N) is 1. The molecule has 3 N–H and O–H groups in total. The number of nitrogens with zero attached hydrogens (tertiary/aromatic N) is 4. The average molecular weight is 511 g/mol. The zero-order chi connectivity index (χ0) is 24.9. The van der Waals surface area contributed by atoms with E-state index in [9.17, 15) is 9.36 Å². The van der Waals surface area contributed by atoms with E-state index in [4.69, 9.17) is 31.3 Å². The fraction of sp³-hybridized carbons (Fsp3) is 0.429. The van der Waals surface area contributed by atoms with Gasteiger partial charge in [-0.25, -0.2) is 10.1 Å². The Morgan fingerprint density at radius 2 is 1.91 bits per heavy atom. The van der Waals surface area contributed by atoms with Crippen LogP contribution in [0, 0.1) is 0 Å². The van der Waals surface area contributed by atoms with Gasteiger partial charge in [-0.1, -0.05) is 18.2 Å². The number of aromatic nitrogens is 4. The molecule has 1 unspecified atom stereocenters. The number of benzene rings is 1. The number of hydrogen-bond acceptors (Lipinski definition) is 9. The first-order valence-corrected chi connectivity index (χ1v) is 12.8. The van der Waals surface area contributed by atoms with Crippen LogP contribution in [0.2, 0.25) is 5.28 Å². The second-order valence-corrected chi connectivity index (χ2v) is 10.4. The third-order valence-electron chi connectivity index (χ3n) is 4.54. The van der Waals surface area contributed by atoms with Crippen LogP contribution in [0.25, 0.3) is 11.2 Å². The van der Waals surface area contributed by atoms with Gasteiger partial charge in [0.05, 0.1) is 25.1 Å².